The molecule has 0 bridgehead atoms. The molecule has 1 aliphatic heterocycles. The first-order valence-corrected chi connectivity index (χ1v) is 9.31. The van der Waals surface area contributed by atoms with Crippen LogP contribution in [0.25, 0.3) is 0 Å². The van der Waals surface area contributed by atoms with E-state index in [1.807, 2.05) is 11.3 Å². The number of nitrogens with one attached hydrogen (secondary N) is 1. The Balaban J connectivity index is 2.07. The molecule has 1 aromatic heterocycles. The number of hydrogen-bond donors (Lipinski definition) is 1. The van der Waals surface area contributed by atoms with Gasteiger partial charge in [-0.2, -0.15) is 0 Å². The van der Waals surface area contributed by atoms with Crippen molar-refractivity contribution in [3.05, 3.63) is 20.8 Å². The maximum Gasteiger partial charge on any atom is 0.0334 e. The topological polar surface area (TPSA) is 15.3 Å². The molecular formula is C16H27BrN2S. The summed E-state index contributed by atoms with van der Waals surface area (Å²) in [5.41, 5.74) is 0.282. The van der Waals surface area contributed by atoms with Gasteiger partial charge in [0, 0.05) is 45.9 Å². The molecule has 0 aliphatic carbocycles. The molecule has 20 heavy (non-hydrogen) atoms. The fraction of sp³-hybridized carbons (Fsp3) is 0.750. The molecule has 2 unspecified atom stereocenters. The standard InChI is InChI=1S/C16H27BrN2S/c1-5-16(4)11-18-14(6-12(2)3)8-19(16)9-15-7-13(17)10-20-15/h7,10,12,14,18H,5-6,8-9,11H2,1-4H3. The van der Waals surface area contributed by atoms with Crippen LogP contribution in [0.1, 0.15) is 45.4 Å². The molecule has 2 rings (SSSR count). The van der Waals surface area contributed by atoms with Gasteiger partial charge in [0.15, 0.2) is 0 Å². The number of thiophene rings is 1. The van der Waals surface area contributed by atoms with E-state index in [0.29, 0.717) is 6.04 Å². The first-order valence-electron chi connectivity index (χ1n) is 7.64. The van der Waals surface area contributed by atoms with Crippen molar-refractivity contribution >= 4 is 27.3 Å². The summed E-state index contributed by atoms with van der Waals surface area (Å²) in [6, 6.07) is 2.90. The van der Waals surface area contributed by atoms with Crippen molar-refractivity contribution in [3.8, 4) is 0 Å². The van der Waals surface area contributed by atoms with E-state index in [4.69, 9.17) is 0 Å². The van der Waals surface area contributed by atoms with Gasteiger partial charge in [0.05, 0.1) is 0 Å². The molecule has 0 saturated carbocycles. The van der Waals surface area contributed by atoms with Gasteiger partial charge in [0.2, 0.25) is 0 Å². The molecule has 1 aliphatic rings. The van der Waals surface area contributed by atoms with Gasteiger partial charge in [0.25, 0.3) is 0 Å². The van der Waals surface area contributed by atoms with E-state index in [1.165, 1.54) is 22.2 Å². The number of halogens is 1. The fourth-order valence-corrected chi connectivity index (χ4v) is 4.45. The fourth-order valence-electron chi connectivity index (χ4n) is 2.98. The molecule has 2 nitrogen and oxygen atoms in total. The summed E-state index contributed by atoms with van der Waals surface area (Å²) in [6.45, 7) is 12.7. The van der Waals surface area contributed by atoms with Gasteiger partial charge in [0.1, 0.15) is 0 Å². The Morgan fingerprint density at radius 1 is 1.55 bits per heavy atom. The highest BCUT2D eigenvalue weighted by atomic mass is 79.9. The summed E-state index contributed by atoms with van der Waals surface area (Å²) in [7, 11) is 0. The van der Waals surface area contributed by atoms with Gasteiger partial charge in [-0.15, -0.1) is 11.3 Å². The van der Waals surface area contributed by atoms with Gasteiger partial charge in [-0.1, -0.05) is 20.8 Å². The van der Waals surface area contributed by atoms with E-state index in [-0.39, 0.29) is 5.54 Å². The third kappa shape index (κ3) is 4.06. The molecule has 0 aromatic carbocycles. The Morgan fingerprint density at radius 2 is 2.30 bits per heavy atom. The molecule has 4 heteroatoms. The van der Waals surface area contributed by atoms with Crippen LogP contribution >= 0.6 is 27.3 Å². The summed E-state index contributed by atoms with van der Waals surface area (Å²) in [5.74, 6) is 0.760. The van der Waals surface area contributed by atoms with Crippen molar-refractivity contribution in [2.75, 3.05) is 13.1 Å². The molecule has 1 fully saturated rings. The van der Waals surface area contributed by atoms with Crippen LogP contribution in [-0.4, -0.2) is 29.6 Å². The van der Waals surface area contributed by atoms with Gasteiger partial charge in [-0.3, -0.25) is 4.90 Å². The smallest absolute Gasteiger partial charge is 0.0334 e. The zero-order valence-corrected chi connectivity index (χ0v) is 15.5. The maximum absolute atomic E-state index is 3.77. The normalized spacial score (nSPS) is 28.2. The highest BCUT2D eigenvalue weighted by Gasteiger charge is 2.36. The lowest BCUT2D eigenvalue weighted by Gasteiger charge is -2.48. The summed E-state index contributed by atoms with van der Waals surface area (Å²) in [4.78, 5) is 4.15. The van der Waals surface area contributed by atoms with Crippen LogP contribution in [0.5, 0.6) is 0 Å². The molecule has 0 spiro atoms. The minimum absolute atomic E-state index is 0.282. The van der Waals surface area contributed by atoms with Crippen molar-refractivity contribution in [2.24, 2.45) is 5.92 Å². The van der Waals surface area contributed by atoms with Gasteiger partial charge in [-0.05, 0) is 47.7 Å². The summed E-state index contributed by atoms with van der Waals surface area (Å²) < 4.78 is 1.21. The van der Waals surface area contributed by atoms with E-state index in [0.717, 1.165) is 25.6 Å². The average Bonchev–Trinajstić information content (AvgIpc) is 2.79. The summed E-state index contributed by atoms with van der Waals surface area (Å²) in [5, 5.41) is 5.95. The predicted octanol–water partition coefficient (Wildman–Crippen LogP) is 4.50. The lowest BCUT2D eigenvalue weighted by Crippen LogP contribution is -2.62. The number of hydrogen-bond acceptors (Lipinski definition) is 3. The van der Waals surface area contributed by atoms with E-state index in [1.54, 1.807) is 0 Å². The monoisotopic (exact) mass is 358 g/mol. The molecule has 114 valence electrons. The molecule has 1 N–H and O–H groups in total. The Labute approximate surface area is 136 Å². The van der Waals surface area contributed by atoms with Crippen molar-refractivity contribution in [2.45, 2.75) is 58.7 Å². The molecule has 0 radical (unpaired) electrons. The molecule has 0 amide bonds. The second-order valence-corrected chi connectivity index (χ2v) is 8.58. The largest absolute Gasteiger partial charge is 0.311 e. The predicted molar refractivity (Wildman–Crippen MR) is 92.4 cm³/mol. The SMILES string of the molecule is CCC1(C)CNC(CC(C)C)CN1Cc1cc(Br)cs1. The average molecular weight is 359 g/mol. The van der Waals surface area contributed by atoms with Crippen LogP contribution in [0.2, 0.25) is 0 Å². The van der Waals surface area contributed by atoms with Crippen LogP contribution in [0.15, 0.2) is 15.9 Å². The van der Waals surface area contributed by atoms with Crippen molar-refractivity contribution in [1.29, 1.82) is 0 Å². The van der Waals surface area contributed by atoms with Crippen LogP contribution in [0, 0.1) is 5.92 Å². The van der Waals surface area contributed by atoms with Crippen LogP contribution < -0.4 is 5.32 Å². The summed E-state index contributed by atoms with van der Waals surface area (Å²) >= 11 is 5.43. The number of piperazine rings is 1. The second kappa shape index (κ2) is 6.91. The van der Waals surface area contributed by atoms with Crippen LogP contribution in [0.3, 0.4) is 0 Å². The number of rotatable bonds is 5. The van der Waals surface area contributed by atoms with Crippen LogP contribution in [-0.2, 0) is 6.54 Å². The molecular weight excluding hydrogens is 332 g/mol. The Kier molecular flexibility index (Phi) is 5.69. The lowest BCUT2D eigenvalue weighted by atomic mass is 9.90. The summed E-state index contributed by atoms with van der Waals surface area (Å²) in [6.07, 6.45) is 2.46. The van der Waals surface area contributed by atoms with Gasteiger partial charge in [-0.25, -0.2) is 0 Å². The van der Waals surface area contributed by atoms with Gasteiger partial charge < -0.3 is 5.32 Å². The minimum Gasteiger partial charge on any atom is -0.311 e. The molecule has 1 aromatic rings. The number of nitrogens with zero attached hydrogens (tertiary/aromatic N) is 1. The minimum atomic E-state index is 0.282. The Morgan fingerprint density at radius 3 is 2.85 bits per heavy atom. The highest BCUT2D eigenvalue weighted by molar-refractivity contribution is 9.10. The van der Waals surface area contributed by atoms with E-state index >= 15 is 0 Å². The zero-order chi connectivity index (χ0) is 14.8. The van der Waals surface area contributed by atoms with E-state index < -0.39 is 0 Å². The lowest BCUT2D eigenvalue weighted by molar-refractivity contribution is 0.0381. The Hall–Kier alpha value is 0.1000. The quantitative estimate of drug-likeness (QED) is 0.833. The molecule has 2 heterocycles. The Bertz CT molecular complexity index is 432. The second-order valence-electron chi connectivity index (χ2n) is 6.67. The van der Waals surface area contributed by atoms with Crippen molar-refractivity contribution in [1.82, 2.24) is 10.2 Å². The third-order valence-corrected chi connectivity index (χ3v) is 6.14. The first-order chi connectivity index (χ1) is 9.43. The maximum atomic E-state index is 3.77. The van der Waals surface area contributed by atoms with Crippen LogP contribution in [0.4, 0.5) is 0 Å². The highest BCUT2D eigenvalue weighted by Crippen LogP contribution is 2.29. The first kappa shape index (κ1) is 16.5. The molecule has 1 saturated heterocycles. The van der Waals surface area contributed by atoms with Gasteiger partial charge >= 0.3 is 0 Å². The molecule has 2 atom stereocenters. The van der Waals surface area contributed by atoms with Crippen molar-refractivity contribution in [3.63, 3.8) is 0 Å². The third-order valence-electron chi connectivity index (χ3n) is 4.46. The van der Waals surface area contributed by atoms with E-state index in [9.17, 15) is 0 Å². The van der Waals surface area contributed by atoms with Crippen molar-refractivity contribution < 1.29 is 0 Å². The zero-order valence-electron chi connectivity index (χ0n) is 13.1. The van der Waals surface area contributed by atoms with E-state index in [2.05, 4.69) is 65.3 Å².